The van der Waals surface area contributed by atoms with E-state index in [1.807, 2.05) is 56.9 Å². The number of carbonyl (C=O) groups is 2. The van der Waals surface area contributed by atoms with Crippen molar-refractivity contribution in [2.75, 3.05) is 46.0 Å². The molecule has 0 aromatic heterocycles. The number of esters is 1. The van der Waals surface area contributed by atoms with E-state index < -0.39 is 60.6 Å². The molecule has 1 amide bonds. The molecule has 15 heteroatoms. The highest BCUT2D eigenvalue weighted by Gasteiger charge is 2.43. The fraction of sp³-hybridized carbons (Fsp3) is 0.864. The maximum atomic E-state index is 14.4. The van der Waals surface area contributed by atoms with Crippen LogP contribution in [0.25, 0.3) is 0 Å². The standard InChI is InChI=1S/C59H114N2O10Si3/c1-20-53(70-73(25-6,26-7)27-8)50(17)49(16)52(62)45-58(18,71-74(28-9,29-10)30-11)36-31-32-47(14)56-48(15)33-34-54(67-57(64)61-40-38-60(39-41-61)46(12)13)59(19,66-43-42-65-21-2)37-35-51(44-55(63)68-56)69-72(22-3,23-4)24-5/h31-34,36,46,48-54,56,62H,20-30,35,37-45H2,1-19H3/b34-33+,36-31+,47-32+. The van der Waals surface area contributed by atoms with Crippen molar-refractivity contribution in [2.24, 2.45) is 17.8 Å². The van der Waals surface area contributed by atoms with Crippen molar-refractivity contribution >= 4 is 37.0 Å². The molecule has 1 N–H and O–H groups in total. The Kier molecular flexibility index (Phi) is 30.6. The molecular weight excluding hydrogens is 981 g/mol. The molecule has 2 heterocycles. The number of cyclic esters (lactones) is 1. The summed E-state index contributed by atoms with van der Waals surface area (Å²) in [4.78, 5) is 32.8. The number of allylic oxidation sites excluding steroid dienone is 2. The molecule has 0 aromatic rings. The molecule has 10 atom stereocenters. The van der Waals surface area contributed by atoms with E-state index in [9.17, 15) is 14.7 Å². The van der Waals surface area contributed by atoms with Crippen LogP contribution in [-0.4, -0.2) is 146 Å². The van der Waals surface area contributed by atoms with Gasteiger partial charge in [-0.2, -0.15) is 0 Å². The molecule has 1 saturated heterocycles. The van der Waals surface area contributed by atoms with Gasteiger partial charge in [-0.15, -0.1) is 0 Å². The van der Waals surface area contributed by atoms with Crippen LogP contribution in [0, 0.1) is 17.8 Å². The van der Waals surface area contributed by atoms with Gasteiger partial charge in [0.1, 0.15) is 11.7 Å². The molecule has 0 radical (unpaired) electrons. The zero-order chi connectivity index (χ0) is 55.9. The minimum atomic E-state index is -2.18. The number of carbonyl (C=O) groups excluding carboxylic acids is 2. The van der Waals surface area contributed by atoms with Crippen LogP contribution in [0.15, 0.2) is 36.0 Å². The third-order valence-electron chi connectivity index (χ3n) is 18.0. The Morgan fingerprint density at radius 2 is 1.41 bits per heavy atom. The molecule has 1 fully saturated rings. The molecule has 0 bridgehead atoms. The van der Waals surface area contributed by atoms with Gasteiger partial charge in [-0.05, 0) is 139 Å². The SMILES string of the molecule is CCOCCOC1(C)CCC(O[Si](CC)(CC)CC)CC(=O)OC(/C(C)=C/C=C/C(C)(CC(O)C(C)C(C)C(CC)O[Si](CC)(CC)CC)O[Si](CC)(CC)CC)C(C)/C=C/C1OC(=O)N1CCN(C(C)C)CC1. The Morgan fingerprint density at radius 3 is 1.92 bits per heavy atom. The predicted octanol–water partition coefficient (Wildman–Crippen LogP) is 14.1. The van der Waals surface area contributed by atoms with Crippen molar-refractivity contribution in [1.29, 1.82) is 0 Å². The average Bonchev–Trinajstić information content (AvgIpc) is 3.40. The van der Waals surface area contributed by atoms with Gasteiger partial charge < -0.3 is 42.2 Å². The van der Waals surface area contributed by atoms with Crippen LogP contribution in [0.3, 0.4) is 0 Å². The van der Waals surface area contributed by atoms with Crippen molar-refractivity contribution in [3.05, 3.63) is 36.0 Å². The van der Waals surface area contributed by atoms with E-state index >= 15 is 0 Å². The monoisotopic (exact) mass is 1090 g/mol. The van der Waals surface area contributed by atoms with E-state index in [1.165, 1.54) is 0 Å². The quantitative estimate of drug-likeness (QED) is 0.0234. The van der Waals surface area contributed by atoms with E-state index in [1.54, 1.807) is 0 Å². The van der Waals surface area contributed by atoms with Crippen LogP contribution in [0.4, 0.5) is 4.79 Å². The minimum Gasteiger partial charge on any atom is -0.457 e. The molecule has 2 aliphatic rings. The first-order valence-corrected chi connectivity index (χ1v) is 37.4. The zero-order valence-corrected chi connectivity index (χ0v) is 53.9. The number of hydrogen-bond donors (Lipinski definition) is 1. The molecule has 0 spiro atoms. The van der Waals surface area contributed by atoms with Crippen molar-refractivity contribution < 1.29 is 46.9 Å². The highest BCUT2D eigenvalue weighted by Crippen LogP contribution is 2.38. The number of aliphatic hydroxyl groups is 1. The van der Waals surface area contributed by atoms with Crippen LogP contribution in [0.2, 0.25) is 54.4 Å². The summed E-state index contributed by atoms with van der Waals surface area (Å²) in [5, 5.41) is 12.2. The van der Waals surface area contributed by atoms with Gasteiger partial charge in [-0.1, -0.05) is 114 Å². The summed E-state index contributed by atoms with van der Waals surface area (Å²) in [5.41, 5.74) is -0.851. The van der Waals surface area contributed by atoms with Crippen molar-refractivity contribution in [1.82, 2.24) is 9.80 Å². The van der Waals surface area contributed by atoms with Crippen LogP contribution >= 0.6 is 0 Å². The fourth-order valence-corrected chi connectivity index (χ4v) is 20.4. The Balaban J connectivity index is 2.74. The van der Waals surface area contributed by atoms with Crippen molar-refractivity contribution in [3.8, 4) is 0 Å². The molecule has 432 valence electrons. The lowest BCUT2D eigenvalue weighted by Gasteiger charge is -2.42. The molecular formula is C59H114N2O10Si3. The first-order chi connectivity index (χ1) is 35.0. The molecule has 74 heavy (non-hydrogen) atoms. The maximum Gasteiger partial charge on any atom is 0.410 e. The number of ether oxygens (including phenoxy) is 4. The third kappa shape index (κ3) is 20.2. The average molecular weight is 1100 g/mol. The number of aliphatic hydroxyl groups excluding tert-OH is 1. The summed E-state index contributed by atoms with van der Waals surface area (Å²) in [6.45, 7) is 45.4. The Bertz CT molecular complexity index is 1670. The molecule has 0 aromatic carbocycles. The molecule has 0 aliphatic carbocycles. The van der Waals surface area contributed by atoms with E-state index in [-0.39, 0.29) is 42.3 Å². The highest BCUT2D eigenvalue weighted by atomic mass is 28.4. The number of piperazine rings is 1. The third-order valence-corrected chi connectivity index (χ3v) is 32.2. The number of hydrogen-bond acceptors (Lipinski definition) is 11. The van der Waals surface area contributed by atoms with E-state index in [0.29, 0.717) is 58.2 Å². The first kappa shape index (κ1) is 68.4. The molecule has 10 unspecified atom stereocenters. The molecule has 2 aliphatic heterocycles. The lowest BCUT2D eigenvalue weighted by atomic mass is 9.81. The highest BCUT2D eigenvalue weighted by molar-refractivity contribution is 6.74. The normalized spacial score (nSPS) is 25.4. The van der Waals surface area contributed by atoms with Gasteiger partial charge in [0, 0.05) is 57.3 Å². The van der Waals surface area contributed by atoms with Gasteiger partial charge in [-0.25, -0.2) is 4.79 Å². The van der Waals surface area contributed by atoms with Crippen LogP contribution in [0.1, 0.15) is 164 Å². The molecule has 0 saturated carbocycles. The van der Waals surface area contributed by atoms with Gasteiger partial charge in [0.25, 0.3) is 0 Å². The largest absolute Gasteiger partial charge is 0.457 e. The van der Waals surface area contributed by atoms with Gasteiger partial charge in [-0.3, -0.25) is 9.69 Å². The van der Waals surface area contributed by atoms with Crippen LogP contribution in [-0.2, 0) is 37.0 Å². The summed E-state index contributed by atoms with van der Waals surface area (Å²) in [5.74, 6) is -0.466. The van der Waals surface area contributed by atoms with Gasteiger partial charge in [0.2, 0.25) is 0 Å². The van der Waals surface area contributed by atoms with Crippen LogP contribution < -0.4 is 0 Å². The molecule has 12 nitrogen and oxygen atoms in total. The smallest absolute Gasteiger partial charge is 0.410 e. The van der Waals surface area contributed by atoms with E-state index in [2.05, 4.69) is 115 Å². The van der Waals surface area contributed by atoms with Crippen molar-refractivity contribution in [3.63, 3.8) is 0 Å². The lowest BCUT2D eigenvalue weighted by Crippen LogP contribution is -2.53. The van der Waals surface area contributed by atoms with Crippen LogP contribution in [0.5, 0.6) is 0 Å². The summed E-state index contributed by atoms with van der Waals surface area (Å²) in [6, 6.07) is 9.47. The lowest BCUT2D eigenvalue weighted by molar-refractivity contribution is -0.152. The van der Waals surface area contributed by atoms with E-state index in [0.717, 1.165) is 79.5 Å². The second kappa shape index (κ2) is 33.0. The summed E-state index contributed by atoms with van der Waals surface area (Å²) in [7, 11) is -6.19. The summed E-state index contributed by atoms with van der Waals surface area (Å²) < 4.78 is 47.2. The van der Waals surface area contributed by atoms with Gasteiger partial charge in [0.15, 0.2) is 31.1 Å². The van der Waals surface area contributed by atoms with Crippen molar-refractivity contribution in [2.45, 2.75) is 266 Å². The number of rotatable bonds is 31. The summed E-state index contributed by atoms with van der Waals surface area (Å²) in [6.07, 6.45) is 9.97. The second-order valence-electron chi connectivity index (χ2n) is 22.9. The second-order valence-corrected chi connectivity index (χ2v) is 37.0. The maximum absolute atomic E-state index is 14.4. The van der Waals surface area contributed by atoms with Gasteiger partial charge in [0.05, 0.1) is 37.4 Å². The Labute approximate surface area is 457 Å². The Morgan fingerprint density at radius 1 is 0.838 bits per heavy atom. The topological polar surface area (TPSA) is 125 Å². The first-order valence-electron chi connectivity index (χ1n) is 29.8. The zero-order valence-electron chi connectivity index (χ0n) is 50.9. The predicted molar refractivity (Wildman–Crippen MR) is 314 cm³/mol. The Hall–Kier alpha value is -1.67. The number of amides is 1. The van der Waals surface area contributed by atoms with E-state index in [4.69, 9.17) is 32.2 Å². The molecule has 2 rings (SSSR count). The fourth-order valence-electron chi connectivity index (χ4n) is 11.4. The summed E-state index contributed by atoms with van der Waals surface area (Å²) >= 11 is 0. The minimum absolute atomic E-state index is 0.0160. The number of nitrogens with zero attached hydrogens (tertiary/aromatic N) is 2. The van der Waals surface area contributed by atoms with Gasteiger partial charge >= 0.3 is 12.1 Å².